The second kappa shape index (κ2) is 4.06. The number of rotatable bonds is 1. The normalized spacial score (nSPS) is 10.4. The Morgan fingerprint density at radius 2 is 2.00 bits per heavy atom. The molecule has 0 unspecified atom stereocenters. The Bertz CT molecular complexity index is 522. The first-order chi connectivity index (χ1) is 7.56. The van der Waals surface area contributed by atoms with E-state index < -0.39 is 0 Å². The summed E-state index contributed by atoms with van der Waals surface area (Å²) in [6, 6.07) is 5.67. The molecule has 3 nitrogen and oxygen atoms in total. The quantitative estimate of drug-likeness (QED) is 0.830. The van der Waals surface area contributed by atoms with E-state index in [1.165, 1.54) is 18.2 Å². The van der Waals surface area contributed by atoms with Crippen molar-refractivity contribution >= 4 is 17.4 Å². The van der Waals surface area contributed by atoms with Gasteiger partial charge in [0.25, 0.3) is 0 Å². The molecule has 0 aliphatic carbocycles. The van der Waals surface area contributed by atoms with Crippen LogP contribution in [0.5, 0.6) is 0 Å². The van der Waals surface area contributed by atoms with E-state index >= 15 is 0 Å². The van der Waals surface area contributed by atoms with Crippen molar-refractivity contribution in [2.75, 3.05) is 5.73 Å². The summed E-state index contributed by atoms with van der Waals surface area (Å²) in [6.07, 6.45) is 0. The number of aromatic nitrogens is 2. The highest BCUT2D eigenvalue weighted by molar-refractivity contribution is 6.33. The van der Waals surface area contributed by atoms with Crippen LogP contribution in [-0.2, 0) is 0 Å². The van der Waals surface area contributed by atoms with Gasteiger partial charge in [-0.2, -0.15) is 0 Å². The summed E-state index contributed by atoms with van der Waals surface area (Å²) >= 11 is 5.97. The maximum absolute atomic E-state index is 13.1. The minimum atomic E-state index is -0.366. The molecular formula is C11H9ClFN3. The number of aryl methyl sites for hydroxylation is 1. The molecule has 1 aromatic carbocycles. The molecule has 0 aliphatic rings. The third-order valence-electron chi connectivity index (χ3n) is 2.06. The maximum Gasteiger partial charge on any atom is 0.128 e. The van der Waals surface area contributed by atoms with Gasteiger partial charge in [0.05, 0.1) is 10.7 Å². The number of nitrogens with two attached hydrogens (primary N) is 1. The molecule has 0 amide bonds. The van der Waals surface area contributed by atoms with Crippen LogP contribution in [-0.4, -0.2) is 9.97 Å². The minimum Gasteiger partial charge on any atom is -0.384 e. The molecule has 0 saturated heterocycles. The van der Waals surface area contributed by atoms with Crippen molar-refractivity contribution in [1.82, 2.24) is 9.97 Å². The summed E-state index contributed by atoms with van der Waals surface area (Å²) in [5.74, 6) is 0.493. The molecule has 0 spiro atoms. The zero-order valence-corrected chi connectivity index (χ0v) is 9.29. The van der Waals surface area contributed by atoms with E-state index in [1.807, 2.05) is 0 Å². The lowest BCUT2D eigenvalue weighted by molar-refractivity contribution is 0.628. The third kappa shape index (κ3) is 2.12. The maximum atomic E-state index is 13.1. The fraction of sp³-hybridized carbons (Fsp3) is 0.0909. The molecule has 5 heteroatoms. The summed E-state index contributed by atoms with van der Waals surface area (Å²) in [5.41, 5.74) is 6.63. The SMILES string of the molecule is Cc1nc(N)cc(-c2cc(F)ccc2Cl)n1. The summed E-state index contributed by atoms with van der Waals surface area (Å²) in [6.45, 7) is 1.72. The van der Waals surface area contributed by atoms with E-state index in [0.717, 1.165) is 0 Å². The smallest absolute Gasteiger partial charge is 0.128 e. The highest BCUT2D eigenvalue weighted by atomic mass is 35.5. The van der Waals surface area contributed by atoms with Crippen LogP contribution < -0.4 is 5.73 Å². The van der Waals surface area contributed by atoms with E-state index in [4.69, 9.17) is 17.3 Å². The van der Waals surface area contributed by atoms with Crippen LogP contribution in [0.2, 0.25) is 5.02 Å². The molecule has 0 atom stereocenters. The highest BCUT2D eigenvalue weighted by Gasteiger charge is 2.08. The third-order valence-corrected chi connectivity index (χ3v) is 2.39. The lowest BCUT2D eigenvalue weighted by atomic mass is 10.1. The number of nitrogen functional groups attached to an aromatic ring is 1. The molecule has 2 rings (SSSR count). The molecule has 0 bridgehead atoms. The minimum absolute atomic E-state index is 0.336. The highest BCUT2D eigenvalue weighted by Crippen LogP contribution is 2.27. The van der Waals surface area contributed by atoms with Crippen molar-refractivity contribution < 1.29 is 4.39 Å². The van der Waals surface area contributed by atoms with Gasteiger partial charge >= 0.3 is 0 Å². The average Bonchev–Trinajstić information content (AvgIpc) is 2.20. The molecular weight excluding hydrogens is 229 g/mol. The van der Waals surface area contributed by atoms with E-state index in [0.29, 0.717) is 27.9 Å². The zero-order valence-electron chi connectivity index (χ0n) is 8.54. The first-order valence-electron chi connectivity index (χ1n) is 4.63. The number of hydrogen-bond donors (Lipinski definition) is 1. The first kappa shape index (κ1) is 10.8. The van der Waals surface area contributed by atoms with Crippen LogP contribution >= 0.6 is 11.6 Å². The molecule has 0 aliphatic heterocycles. The number of halogens is 2. The zero-order chi connectivity index (χ0) is 11.7. The molecule has 0 radical (unpaired) electrons. The van der Waals surface area contributed by atoms with Crippen molar-refractivity contribution in [3.63, 3.8) is 0 Å². The van der Waals surface area contributed by atoms with Gasteiger partial charge in [0, 0.05) is 11.6 Å². The van der Waals surface area contributed by atoms with Gasteiger partial charge in [-0.3, -0.25) is 0 Å². The molecule has 0 saturated carbocycles. The molecule has 82 valence electrons. The predicted molar refractivity (Wildman–Crippen MR) is 61.6 cm³/mol. The van der Waals surface area contributed by atoms with Gasteiger partial charge < -0.3 is 5.73 Å². The largest absolute Gasteiger partial charge is 0.384 e. The number of benzene rings is 1. The molecule has 0 fully saturated rings. The Hall–Kier alpha value is -1.68. The van der Waals surface area contributed by atoms with Crippen LogP contribution in [0, 0.1) is 12.7 Å². The second-order valence-corrected chi connectivity index (χ2v) is 3.76. The van der Waals surface area contributed by atoms with Gasteiger partial charge in [-0.25, -0.2) is 14.4 Å². The predicted octanol–water partition coefficient (Wildman–Crippen LogP) is 2.83. The van der Waals surface area contributed by atoms with Crippen LogP contribution in [0.3, 0.4) is 0 Å². The van der Waals surface area contributed by atoms with Gasteiger partial charge in [-0.05, 0) is 25.1 Å². The van der Waals surface area contributed by atoms with Gasteiger partial charge in [-0.1, -0.05) is 11.6 Å². The lowest BCUT2D eigenvalue weighted by Crippen LogP contribution is -1.97. The molecule has 16 heavy (non-hydrogen) atoms. The van der Waals surface area contributed by atoms with Crippen molar-refractivity contribution in [1.29, 1.82) is 0 Å². The fourth-order valence-corrected chi connectivity index (χ4v) is 1.64. The fourth-order valence-electron chi connectivity index (χ4n) is 1.42. The first-order valence-corrected chi connectivity index (χ1v) is 5.00. The number of hydrogen-bond acceptors (Lipinski definition) is 3. The average molecular weight is 238 g/mol. The standard InChI is InChI=1S/C11H9ClFN3/c1-6-15-10(5-11(14)16-6)8-4-7(13)2-3-9(8)12/h2-5H,1H3,(H2,14,15,16). The van der Waals surface area contributed by atoms with Crippen LogP contribution in [0.25, 0.3) is 11.3 Å². The Labute approximate surface area is 97.1 Å². The van der Waals surface area contributed by atoms with Gasteiger partial charge in [0.1, 0.15) is 17.5 Å². The summed E-state index contributed by atoms with van der Waals surface area (Å²) < 4.78 is 13.1. The van der Waals surface area contributed by atoms with Crippen LogP contribution in [0.1, 0.15) is 5.82 Å². The Kier molecular flexibility index (Phi) is 2.75. The molecule has 2 N–H and O–H groups in total. The van der Waals surface area contributed by atoms with E-state index in [9.17, 15) is 4.39 Å². The molecule has 2 aromatic rings. The Morgan fingerprint density at radius 3 is 2.69 bits per heavy atom. The van der Waals surface area contributed by atoms with E-state index in [1.54, 1.807) is 13.0 Å². The van der Waals surface area contributed by atoms with Gasteiger partial charge in [0.2, 0.25) is 0 Å². The summed E-state index contributed by atoms with van der Waals surface area (Å²) in [5, 5.41) is 0.430. The molecule has 1 aromatic heterocycles. The number of nitrogens with zero attached hydrogens (tertiary/aromatic N) is 2. The van der Waals surface area contributed by atoms with Crippen molar-refractivity contribution in [2.24, 2.45) is 0 Å². The topological polar surface area (TPSA) is 51.8 Å². The number of anilines is 1. The van der Waals surface area contributed by atoms with Gasteiger partial charge in [-0.15, -0.1) is 0 Å². The lowest BCUT2D eigenvalue weighted by Gasteiger charge is -2.05. The summed E-state index contributed by atoms with van der Waals surface area (Å²) in [7, 11) is 0. The monoisotopic (exact) mass is 237 g/mol. The Morgan fingerprint density at radius 1 is 1.25 bits per heavy atom. The molecule has 1 heterocycles. The second-order valence-electron chi connectivity index (χ2n) is 3.35. The Balaban J connectivity index is 2.62. The van der Waals surface area contributed by atoms with Crippen LogP contribution in [0.4, 0.5) is 10.2 Å². The summed E-state index contributed by atoms with van der Waals surface area (Å²) in [4.78, 5) is 8.11. The van der Waals surface area contributed by atoms with Crippen LogP contribution in [0.15, 0.2) is 24.3 Å². The van der Waals surface area contributed by atoms with Crippen molar-refractivity contribution in [3.05, 3.63) is 40.9 Å². The van der Waals surface area contributed by atoms with Crippen molar-refractivity contribution in [2.45, 2.75) is 6.92 Å². The van der Waals surface area contributed by atoms with E-state index in [-0.39, 0.29) is 5.82 Å². The van der Waals surface area contributed by atoms with E-state index in [2.05, 4.69) is 9.97 Å². The van der Waals surface area contributed by atoms with Crippen molar-refractivity contribution in [3.8, 4) is 11.3 Å². The van der Waals surface area contributed by atoms with Gasteiger partial charge in [0.15, 0.2) is 0 Å².